The molecule has 0 saturated carbocycles. The van der Waals surface area contributed by atoms with Crippen LogP contribution in [0.5, 0.6) is 5.75 Å². The number of anilines is 1. The number of nitrogens with zero attached hydrogens (tertiary/aromatic N) is 1. The molecule has 0 aliphatic carbocycles. The lowest BCUT2D eigenvalue weighted by Crippen LogP contribution is -2.21. The quantitative estimate of drug-likeness (QED) is 0.376. The number of aromatic nitrogens is 1. The van der Waals surface area contributed by atoms with Crippen molar-refractivity contribution in [2.24, 2.45) is 0 Å². The number of para-hydroxylation sites is 1. The first-order valence-electron chi connectivity index (χ1n) is 10.3. The van der Waals surface area contributed by atoms with Gasteiger partial charge in [-0.15, -0.1) is 0 Å². The molecule has 0 saturated heterocycles. The Morgan fingerprint density at radius 2 is 1.74 bits per heavy atom. The van der Waals surface area contributed by atoms with E-state index in [0.717, 1.165) is 27.9 Å². The van der Waals surface area contributed by atoms with Crippen LogP contribution in [-0.2, 0) is 11.3 Å². The number of ether oxygens (including phenoxy) is 2. The molecule has 0 aliphatic heterocycles. The summed E-state index contributed by atoms with van der Waals surface area (Å²) in [5.41, 5.74) is 3.45. The van der Waals surface area contributed by atoms with E-state index in [-0.39, 0.29) is 5.78 Å². The SMILES string of the molecule is COCCn1cc(C(=O)C(Nc2cccc(OC)c2)c2ccccc2)c2ccccc21. The van der Waals surface area contributed by atoms with Crippen molar-refractivity contribution >= 4 is 22.4 Å². The summed E-state index contributed by atoms with van der Waals surface area (Å²) in [5.74, 6) is 0.752. The van der Waals surface area contributed by atoms with Crippen LogP contribution in [-0.4, -0.2) is 31.2 Å². The minimum atomic E-state index is -0.532. The summed E-state index contributed by atoms with van der Waals surface area (Å²) in [7, 11) is 3.31. The Morgan fingerprint density at radius 3 is 2.52 bits per heavy atom. The monoisotopic (exact) mass is 414 g/mol. The van der Waals surface area contributed by atoms with Crippen molar-refractivity contribution in [3.8, 4) is 5.75 Å². The van der Waals surface area contributed by atoms with Crippen LogP contribution >= 0.6 is 0 Å². The fourth-order valence-corrected chi connectivity index (χ4v) is 3.80. The van der Waals surface area contributed by atoms with E-state index in [0.29, 0.717) is 18.7 Å². The van der Waals surface area contributed by atoms with Gasteiger partial charge in [0, 0.05) is 48.1 Å². The molecule has 5 nitrogen and oxygen atoms in total. The Balaban J connectivity index is 1.76. The maximum atomic E-state index is 13.9. The van der Waals surface area contributed by atoms with E-state index in [9.17, 15) is 4.79 Å². The molecule has 1 atom stereocenters. The van der Waals surface area contributed by atoms with Gasteiger partial charge in [-0.2, -0.15) is 0 Å². The number of hydrogen-bond donors (Lipinski definition) is 1. The number of methoxy groups -OCH3 is 2. The van der Waals surface area contributed by atoms with E-state index in [2.05, 4.69) is 9.88 Å². The van der Waals surface area contributed by atoms with E-state index >= 15 is 0 Å². The van der Waals surface area contributed by atoms with Crippen molar-refractivity contribution in [1.82, 2.24) is 4.57 Å². The number of rotatable bonds is 9. The van der Waals surface area contributed by atoms with Crippen LogP contribution in [0, 0.1) is 0 Å². The van der Waals surface area contributed by atoms with Gasteiger partial charge < -0.3 is 19.4 Å². The van der Waals surface area contributed by atoms with Crippen LogP contribution in [0.2, 0.25) is 0 Å². The summed E-state index contributed by atoms with van der Waals surface area (Å²) < 4.78 is 12.7. The first-order chi connectivity index (χ1) is 15.2. The average Bonchev–Trinajstić information content (AvgIpc) is 3.20. The third-order valence-corrected chi connectivity index (χ3v) is 5.37. The third-order valence-electron chi connectivity index (χ3n) is 5.37. The normalized spacial score (nSPS) is 11.9. The zero-order valence-corrected chi connectivity index (χ0v) is 17.7. The predicted octanol–water partition coefficient (Wildman–Crippen LogP) is 5.33. The van der Waals surface area contributed by atoms with Crippen LogP contribution in [0.15, 0.2) is 85.1 Å². The van der Waals surface area contributed by atoms with Gasteiger partial charge in [0.25, 0.3) is 0 Å². The summed E-state index contributed by atoms with van der Waals surface area (Å²) in [4.78, 5) is 13.9. The van der Waals surface area contributed by atoms with Crippen LogP contribution in [0.3, 0.4) is 0 Å². The Bertz CT molecular complexity index is 1170. The number of fused-ring (bicyclic) bond motifs is 1. The maximum absolute atomic E-state index is 13.9. The molecular formula is C26H26N2O3. The second kappa shape index (κ2) is 9.49. The van der Waals surface area contributed by atoms with Crippen molar-refractivity contribution in [3.63, 3.8) is 0 Å². The summed E-state index contributed by atoms with van der Waals surface area (Å²) in [6.45, 7) is 1.26. The van der Waals surface area contributed by atoms with Crippen molar-refractivity contribution < 1.29 is 14.3 Å². The highest BCUT2D eigenvalue weighted by Crippen LogP contribution is 2.30. The first-order valence-corrected chi connectivity index (χ1v) is 10.3. The molecule has 0 amide bonds. The topological polar surface area (TPSA) is 52.5 Å². The zero-order chi connectivity index (χ0) is 21.6. The fraction of sp³-hybridized carbons (Fsp3) is 0.192. The minimum absolute atomic E-state index is 0.0152. The molecule has 0 aliphatic rings. The molecule has 1 N–H and O–H groups in total. The molecule has 1 unspecified atom stereocenters. The van der Waals surface area contributed by atoms with Crippen molar-refractivity contribution in [3.05, 3.63) is 96.2 Å². The number of ketones is 1. The number of Topliss-reactive ketones (excluding diaryl/α,β-unsaturated/α-hetero) is 1. The number of benzene rings is 3. The highest BCUT2D eigenvalue weighted by atomic mass is 16.5. The second-order valence-electron chi connectivity index (χ2n) is 7.33. The molecule has 0 fully saturated rings. The molecule has 3 aromatic carbocycles. The minimum Gasteiger partial charge on any atom is -0.497 e. The Labute approximate surface area is 182 Å². The van der Waals surface area contributed by atoms with Crippen LogP contribution < -0.4 is 10.1 Å². The van der Waals surface area contributed by atoms with Gasteiger partial charge in [-0.1, -0.05) is 54.6 Å². The molecule has 1 heterocycles. The van der Waals surface area contributed by atoms with Gasteiger partial charge in [0.2, 0.25) is 0 Å². The molecule has 1 aromatic heterocycles. The van der Waals surface area contributed by atoms with E-state index in [1.807, 2.05) is 85.1 Å². The van der Waals surface area contributed by atoms with Crippen molar-refractivity contribution in [1.29, 1.82) is 0 Å². The standard InChI is InChI=1S/C26H26N2O3/c1-30-16-15-28-18-23(22-13-6-7-14-24(22)28)26(29)25(19-9-4-3-5-10-19)27-20-11-8-12-21(17-20)31-2/h3-14,17-18,25,27H,15-16H2,1-2H3. The van der Waals surface area contributed by atoms with Crippen molar-refractivity contribution in [2.75, 3.05) is 26.1 Å². The van der Waals surface area contributed by atoms with Gasteiger partial charge in [-0.3, -0.25) is 4.79 Å². The van der Waals surface area contributed by atoms with E-state index < -0.39 is 6.04 Å². The molecule has 4 rings (SSSR count). The molecule has 158 valence electrons. The number of carbonyl (C=O) groups excluding carboxylic acids is 1. The molecule has 0 radical (unpaired) electrons. The lowest BCUT2D eigenvalue weighted by atomic mass is 9.96. The van der Waals surface area contributed by atoms with E-state index in [4.69, 9.17) is 9.47 Å². The van der Waals surface area contributed by atoms with Gasteiger partial charge in [-0.05, 0) is 23.8 Å². The van der Waals surface area contributed by atoms with Crippen molar-refractivity contribution in [2.45, 2.75) is 12.6 Å². The highest BCUT2D eigenvalue weighted by Gasteiger charge is 2.25. The van der Waals surface area contributed by atoms with Gasteiger partial charge in [-0.25, -0.2) is 0 Å². The zero-order valence-electron chi connectivity index (χ0n) is 17.7. The van der Waals surface area contributed by atoms with Crippen LogP contribution in [0.4, 0.5) is 5.69 Å². The smallest absolute Gasteiger partial charge is 0.191 e. The Kier molecular flexibility index (Phi) is 6.34. The molecule has 4 aromatic rings. The third kappa shape index (κ3) is 4.47. The van der Waals surface area contributed by atoms with Gasteiger partial charge in [0.05, 0.1) is 13.7 Å². The van der Waals surface area contributed by atoms with E-state index in [1.54, 1.807) is 14.2 Å². The second-order valence-corrected chi connectivity index (χ2v) is 7.33. The lowest BCUT2D eigenvalue weighted by Gasteiger charge is -2.19. The predicted molar refractivity (Wildman–Crippen MR) is 124 cm³/mol. The van der Waals surface area contributed by atoms with Crippen LogP contribution in [0.25, 0.3) is 10.9 Å². The largest absolute Gasteiger partial charge is 0.497 e. The number of hydrogen-bond acceptors (Lipinski definition) is 4. The molecule has 5 heteroatoms. The van der Waals surface area contributed by atoms with Crippen LogP contribution in [0.1, 0.15) is 22.0 Å². The lowest BCUT2D eigenvalue weighted by molar-refractivity contribution is 0.0970. The van der Waals surface area contributed by atoms with Gasteiger partial charge in [0.1, 0.15) is 11.8 Å². The van der Waals surface area contributed by atoms with E-state index in [1.165, 1.54) is 0 Å². The summed E-state index contributed by atoms with van der Waals surface area (Å²) in [5, 5.41) is 4.36. The number of nitrogens with one attached hydrogen (secondary N) is 1. The molecule has 0 spiro atoms. The molecule has 31 heavy (non-hydrogen) atoms. The first kappa shape index (κ1) is 20.7. The molecular weight excluding hydrogens is 388 g/mol. The summed E-state index contributed by atoms with van der Waals surface area (Å²) in [6.07, 6.45) is 1.94. The number of carbonyl (C=O) groups is 1. The Morgan fingerprint density at radius 1 is 0.968 bits per heavy atom. The highest BCUT2D eigenvalue weighted by molar-refractivity contribution is 6.11. The summed E-state index contributed by atoms with van der Waals surface area (Å²) in [6, 6.07) is 24.9. The average molecular weight is 415 g/mol. The summed E-state index contributed by atoms with van der Waals surface area (Å²) >= 11 is 0. The fourth-order valence-electron chi connectivity index (χ4n) is 3.80. The van der Waals surface area contributed by atoms with Gasteiger partial charge >= 0.3 is 0 Å². The maximum Gasteiger partial charge on any atom is 0.191 e. The Hall–Kier alpha value is -3.57. The van der Waals surface area contributed by atoms with Gasteiger partial charge in [0.15, 0.2) is 5.78 Å². The molecule has 0 bridgehead atoms.